The number of para-hydroxylation sites is 2. The molecule has 28 heavy (non-hydrogen) atoms. The highest BCUT2D eigenvalue weighted by molar-refractivity contribution is 5.84. The van der Waals surface area contributed by atoms with Crippen LogP contribution >= 0.6 is 0 Å². The van der Waals surface area contributed by atoms with Gasteiger partial charge in [0.2, 0.25) is 6.33 Å². The summed E-state index contributed by atoms with van der Waals surface area (Å²) in [6.07, 6.45) is 6.31. The predicted molar refractivity (Wildman–Crippen MR) is 113 cm³/mol. The highest BCUT2D eigenvalue weighted by atomic mass is 35.5. The predicted octanol–water partition coefficient (Wildman–Crippen LogP) is 2.81. The van der Waals surface area contributed by atoms with E-state index in [2.05, 4.69) is 105 Å². The van der Waals surface area contributed by atoms with E-state index < -0.39 is 0 Å². The third kappa shape index (κ3) is 5.11. The van der Waals surface area contributed by atoms with Crippen LogP contribution in [0.3, 0.4) is 0 Å². The summed E-state index contributed by atoms with van der Waals surface area (Å²) >= 11 is 0. The van der Waals surface area contributed by atoms with Crippen LogP contribution in [-0.2, 0) is 6.54 Å². The van der Waals surface area contributed by atoms with E-state index >= 15 is 0 Å². The van der Waals surface area contributed by atoms with E-state index in [1.165, 1.54) is 11.1 Å². The average Bonchev–Trinajstić information content (AvgIpc) is 3.10. The molecule has 1 aromatic heterocycles. The number of imidazole rings is 1. The second-order valence-electron chi connectivity index (χ2n) is 7.77. The van der Waals surface area contributed by atoms with Gasteiger partial charge in [-0.25, -0.2) is 9.13 Å². The summed E-state index contributed by atoms with van der Waals surface area (Å²) in [6, 6.07) is 17.0. The number of hydrogen-bond acceptors (Lipinski definition) is 1. The summed E-state index contributed by atoms with van der Waals surface area (Å²) in [5.41, 5.74) is 6.09. The lowest BCUT2D eigenvalue weighted by Crippen LogP contribution is -3.00. The van der Waals surface area contributed by atoms with Crippen LogP contribution in [0.25, 0.3) is 5.69 Å². The molecule has 4 heteroatoms. The van der Waals surface area contributed by atoms with Crippen LogP contribution in [0.1, 0.15) is 57.6 Å². The highest BCUT2D eigenvalue weighted by Crippen LogP contribution is 2.34. The summed E-state index contributed by atoms with van der Waals surface area (Å²) in [5, 5.41) is 0. The van der Waals surface area contributed by atoms with E-state index in [9.17, 15) is 0 Å². The first-order chi connectivity index (χ1) is 13.0. The molecule has 2 aromatic carbocycles. The van der Waals surface area contributed by atoms with Gasteiger partial charge in [0.05, 0.1) is 11.4 Å². The van der Waals surface area contributed by atoms with E-state index in [-0.39, 0.29) is 12.4 Å². The minimum atomic E-state index is 0. The molecule has 0 bridgehead atoms. The summed E-state index contributed by atoms with van der Waals surface area (Å²) in [4.78, 5) is 5.07. The number of nitrogens with zero attached hydrogens (tertiary/aromatic N) is 3. The molecular weight excluding hydrogens is 366 g/mol. The Morgan fingerprint density at radius 3 is 2.11 bits per heavy atom. The second-order valence-corrected chi connectivity index (χ2v) is 7.77. The molecule has 0 atom stereocenters. The van der Waals surface area contributed by atoms with Gasteiger partial charge in [-0.05, 0) is 42.0 Å². The molecule has 0 saturated heterocycles. The van der Waals surface area contributed by atoms with Gasteiger partial charge in [-0.2, -0.15) is 0 Å². The second kappa shape index (κ2) is 9.70. The van der Waals surface area contributed by atoms with E-state index in [1.54, 1.807) is 0 Å². The van der Waals surface area contributed by atoms with Crippen molar-refractivity contribution in [1.82, 2.24) is 4.57 Å². The number of hydrogen-bond donors (Lipinski definition) is 0. The van der Waals surface area contributed by atoms with Crippen molar-refractivity contribution in [2.45, 2.75) is 53.0 Å². The lowest BCUT2D eigenvalue weighted by atomic mass is 9.93. The molecule has 148 valence electrons. The first-order valence-corrected chi connectivity index (χ1v) is 9.75. The van der Waals surface area contributed by atoms with Crippen molar-refractivity contribution >= 4 is 11.4 Å². The van der Waals surface area contributed by atoms with E-state index in [4.69, 9.17) is 4.99 Å². The molecule has 0 radical (unpaired) electrons. The van der Waals surface area contributed by atoms with Gasteiger partial charge in [0.15, 0.2) is 0 Å². The third-order valence-corrected chi connectivity index (χ3v) is 4.80. The van der Waals surface area contributed by atoms with Crippen LogP contribution in [0, 0.1) is 0 Å². The molecule has 1 heterocycles. The monoisotopic (exact) mass is 395 g/mol. The maximum Gasteiger partial charge on any atom is 0.249 e. The van der Waals surface area contributed by atoms with Gasteiger partial charge in [-0.3, -0.25) is 4.99 Å². The summed E-state index contributed by atoms with van der Waals surface area (Å²) in [7, 11) is 0. The van der Waals surface area contributed by atoms with E-state index in [0.29, 0.717) is 11.8 Å². The third-order valence-electron chi connectivity index (χ3n) is 4.80. The Hall–Kier alpha value is -2.39. The zero-order chi connectivity index (χ0) is 19.4. The van der Waals surface area contributed by atoms with E-state index in [0.717, 1.165) is 23.6 Å². The Morgan fingerprint density at radius 2 is 1.54 bits per heavy atom. The molecule has 0 aliphatic heterocycles. The van der Waals surface area contributed by atoms with Crippen molar-refractivity contribution in [3.63, 3.8) is 0 Å². The Balaban J connectivity index is 0.00000280. The molecule has 0 N–H and O–H groups in total. The molecular formula is C24H30ClN3. The molecule has 0 fully saturated rings. The average molecular weight is 396 g/mol. The van der Waals surface area contributed by atoms with Crippen molar-refractivity contribution in [1.29, 1.82) is 0 Å². The fourth-order valence-corrected chi connectivity index (χ4v) is 3.37. The van der Waals surface area contributed by atoms with Crippen molar-refractivity contribution in [3.05, 3.63) is 78.4 Å². The lowest BCUT2D eigenvalue weighted by molar-refractivity contribution is -0.681. The normalized spacial score (nSPS) is 11.8. The maximum atomic E-state index is 5.07. The Bertz CT molecular complexity index is 898. The van der Waals surface area contributed by atoms with Crippen molar-refractivity contribution < 1.29 is 17.0 Å². The van der Waals surface area contributed by atoms with Gasteiger partial charge in [-0.15, -0.1) is 0 Å². The SMILES string of the molecule is CC(C[n+]1ccn(-c2ccccc2)c1)=Nc1c(C(C)C)cccc1C(C)C.[Cl-]. The van der Waals surface area contributed by atoms with Gasteiger partial charge in [0.1, 0.15) is 24.6 Å². The van der Waals surface area contributed by atoms with Crippen LogP contribution in [-0.4, -0.2) is 10.3 Å². The quantitative estimate of drug-likeness (QED) is 0.452. The topological polar surface area (TPSA) is 21.2 Å². The number of benzene rings is 2. The summed E-state index contributed by atoms with van der Waals surface area (Å²) < 4.78 is 4.31. The van der Waals surface area contributed by atoms with Crippen molar-refractivity contribution in [2.75, 3.05) is 0 Å². The number of rotatable bonds is 6. The minimum Gasteiger partial charge on any atom is -1.00 e. The molecule has 3 rings (SSSR count). The van der Waals surface area contributed by atoms with Gasteiger partial charge >= 0.3 is 0 Å². The fourth-order valence-electron chi connectivity index (χ4n) is 3.37. The molecule has 0 aliphatic carbocycles. The molecule has 3 nitrogen and oxygen atoms in total. The smallest absolute Gasteiger partial charge is 0.249 e. The lowest BCUT2D eigenvalue weighted by Gasteiger charge is -2.16. The molecule has 0 amide bonds. The zero-order valence-corrected chi connectivity index (χ0v) is 18.2. The summed E-state index contributed by atoms with van der Waals surface area (Å²) in [6.45, 7) is 11.9. The minimum absolute atomic E-state index is 0. The number of aromatic nitrogens is 2. The van der Waals surface area contributed by atoms with Crippen molar-refractivity contribution in [3.8, 4) is 5.69 Å². The first kappa shape index (κ1) is 21.9. The molecule has 0 saturated carbocycles. The van der Waals surface area contributed by atoms with E-state index in [1.807, 2.05) is 6.07 Å². The Labute approximate surface area is 175 Å². The largest absolute Gasteiger partial charge is 1.00 e. The first-order valence-electron chi connectivity index (χ1n) is 9.75. The molecule has 0 unspecified atom stereocenters. The maximum absolute atomic E-state index is 5.07. The standard InChI is InChI=1S/C24H30N3.ClH/c1-18(2)22-12-9-13-23(19(3)4)24(22)25-20(5)16-26-14-15-27(17-26)21-10-7-6-8-11-21;/h6-15,17-19H,16H2,1-5H3;1H/q+1;/p-1. The van der Waals surface area contributed by atoms with Gasteiger partial charge in [-0.1, -0.05) is 64.1 Å². The highest BCUT2D eigenvalue weighted by Gasteiger charge is 2.14. The van der Waals surface area contributed by atoms with Crippen LogP contribution in [0.15, 0.2) is 72.2 Å². The Kier molecular flexibility index (Phi) is 7.59. The summed E-state index contributed by atoms with van der Waals surface area (Å²) in [5.74, 6) is 0.920. The van der Waals surface area contributed by atoms with Gasteiger partial charge in [0.25, 0.3) is 0 Å². The van der Waals surface area contributed by atoms with Crippen molar-refractivity contribution in [2.24, 2.45) is 4.99 Å². The van der Waals surface area contributed by atoms with Crippen LogP contribution < -0.4 is 17.0 Å². The number of aliphatic imine (C=N–C) groups is 1. The van der Waals surface area contributed by atoms with Crippen LogP contribution in [0.2, 0.25) is 0 Å². The van der Waals surface area contributed by atoms with Gasteiger partial charge in [0, 0.05) is 0 Å². The zero-order valence-electron chi connectivity index (χ0n) is 17.4. The molecule has 3 aromatic rings. The molecule has 0 spiro atoms. The Morgan fingerprint density at radius 1 is 0.929 bits per heavy atom. The van der Waals surface area contributed by atoms with Crippen LogP contribution in [0.4, 0.5) is 5.69 Å². The fraction of sp³-hybridized carbons (Fsp3) is 0.333. The number of halogens is 1. The van der Waals surface area contributed by atoms with Gasteiger partial charge < -0.3 is 12.4 Å². The van der Waals surface area contributed by atoms with Crippen LogP contribution in [0.5, 0.6) is 0 Å². The molecule has 0 aliphatic rings.